The molecule has 0 radical (unpaired) electrons. The maximum Gasteiger partial charge on any atom is 0.410 e. The number of nitrogens with one attached hydrogen (secondary N) is 2. The number of nitrogens with zero attached hydrogens (tertiary/aromatic N) is 4. The second kappa shape index (κ2) is 14.5. The number of hydrogen-bond donors (Lipinski definition) is 3. The number of benzene rings is 2. The Hall–Kier alpha value is -3.83. The van der Waals surface area contributed by atoms with E-state index in [1.54, 1.807) is 29.2 Å². The van der Waals surface area contributed by atoms with E-state index in [-0.39, 0.29) is 30.2 Å². The number of fused-ring (bicyclic) bond motifs is 1. The molecule has 3 saturated heterocycles. The van der Waals surface area contributed by atoms with Crippen LogP contribution in [0.5, 0.6) is 5.75 Å². The van der Waals surface area contributed by atoms with Crippen LogP contribution >= 0.6 is 0 Å². The quantitative estimate of drug-likeness (QED) is 0.455. The lowest BCUT2D eigenvalue weighted by molar-refractivity contribution is -0.142. The molecule has 2 aromatic carbocycles. The number of ether oxygens (including phenoxy) is 1. The van der Waals surface area contributed by atoms with Gasteiger partial charge < -0.3 is 35.2 Å². The van der Waals surface area contributed by atoms with E-state index in [1.165, 1.54) is 0 Å². The van der Waals surface area contributed by atoms with Crippen LogP contribution in [0.25, 0.3) is 0 Å². The van der Waals surface area contributed by atoms with E-state index in [2.05, 4.69) is 15.5 Å². The van der Waals surface area contributed by atoms with Gasteiger partial charge in [0.25, 0.3) is 5.91 Å². The molecule has 242 valence electrons. The van der Waals surface area contributed by atoms with Gasteiger partial charge in [-0.15, -0.1) is 0 Å². The molecule has 0 spiro atoms. The molecule has 3 N–H and O–H groups in total. The number of para-hydroxylation sites is 1. The van der Waals surface area contributed by atoms with E-state index in [1.807, 2.05) is 34.1 Å². The molecule has 0 aromatic heterocycles. The lowest BCUT2D eigenvalue weighted by Gasteiger charge is -2.39. The van der Waals surface area contributed by atoms with Gasteiger partial charge in [0.1, 0.15) is 5.75 Å². The van der Waals surface area contributed by atoms with Gasteiger partial charge in [0.15, 0.2) is 6.10 Å². The third-order valence-corrected chi connectivity index (χ3v) is 9.85. The third kappa shape index (κ3) is 7.70. The Bertz CT molecular complexity index is 1310. The summed E-state index contributed by atoms with van der Waals surface area (Å²) in [4.78, 5) is 48.3. The fraction of sp³-hybridized carbons (Fsp3) is 0.559. The van der Waals surface area contributed by atoms with Crippen molar-refractivity contribution < 1.29 is 24.2 Å². The highest BCUT2D eigenvalue weighted by Crippen LogP contribution is 2.26. The predicted molar refractivity (Wildman–Crippen MR) is 171 cm³/mol. The van der Waals surface area contributed by atoms with Crippen LogP contribution < -0.4 is 10.6 Å². The van der Waals surface area contributed by atoms with E-state index >= 15 is 0 Å². The molecule has 4 heterocycles. The fourth-order valence-electron chi connectivity index (χ4n) is 7.21. The summed E-state index contributed by atoms with van der Waals surface area (Å²) in [5.74, 6) is -0.0163. The number of hydrogen-bond acceptors (Lipinski definition) is 7. The van der Waals surface area contributed by atoms with Crippen molar-refractivity contribution in [3.8, 4) is 5.75 Å². The molecule has 4 amide bonds. The Balaban J connectivity index is 1.05. The number of amides is 4. The molecule has 4 aliphatic heterocycles. The Morgan fingerprint density at radius 3 is 2.33 bits per heavy atom. The van der Waals surface area contributed by atoms with Crippen LogP contribution in [0.3, 0.4) is 0 Å². The first-order valence-corrected chi connectivity index (χ1v) is 16.6. The van der Waals surface area contributed by atoms with Crippen molar-refractivity contribution in [3.63, 3.8) is 0 Å². The average Bonchev–Trinajstić information content (AvgIpc) is 3.44. The van der Waals surface area contributed by atoms with Gasteiger partial charge in [0.2, 0.25) is 0 Å². The summed E-state index contributed by atoms with van der Waals surface area (Å²) < 4.78 is 5.98. The summed E-state index contributed by atoms with van der Waals surface area (Å²) in [6.45, 7) is 7.00. The van der Waals surface area contributed by atoms with Crippen LogP contribution in [0.4, 0.5) is 15.3 Å². The number of urea groups is 1. The Morgan fingerprint density at radius 2 is 1.56 bits per heavy atom. The van der Waals surface area contributed by atoms with Crippen LogP contribution in [0, 0.1) is 0 Å². The third-order valence-electron chi connectivity index (χ3n) is 9.85. The first kappa shape index (κ1) is 31.2. The molecule has 2 aromatic rings. The second-order valence-corrected chi connectivity index (χ2v) is 12.7. The molecule has 0 bridgehead atoms. The largest absolute Gasteiger partial charge is 0.508 e. The molecule has 45 heavy (non-hydrogen) atoms. The maximum absolute atomic E-state index is 13.9. The van der Waals surface area contributed by atoms with Gasteiger partial charge in [0, 0.05) is 70.0 Å². The summed E-state index contributed by atoms with van der Waals surface area (Å²) in [6, 6.07) is 15.0. The number of anilines is 1. The van der Waals surface area contributed by atoms with Gasteiger partial charge in [-0.3, -0.25) is 9.69 Å². The molecule has 11 nitrogen and oxygen atoms in total. The van der Waals surface area contributed by atoms with Crippen LogP contribution in [-0.2, 0) is 22.4 Å². The zero-order chi connectivity index (χ0) is 31.2. The van der Waals surface area contributed by atoms with Gasteiger partial charge >= 0.3 is 12.1 Å². The molecule has 1 atom stereocenters. The zero-order valence-corrected chi connectivity index (χ0v) is 26.0. The number of carbonyl (C=O) groups is 3. The zero-order valence-electron chi connectivity index (χ0n) is 26.0. The highest BCUT2D eigenvalue weighted by Gasteiger charge is 2.36. The maximum atomic E-state index is 13.9. The summed E-state index contributed by atoms with van der Waals surface area (Å²) in [6.07, 6.45) is 3.84. The molecule has 6 rings (SSSR count). The number of carbonyl (C=O) groups excluding carboxylic acids is 3. The number of phenols is 1. The number of piperidine rings is 2. The number of phenolic OH excluding ortho intramolecular Hbond substituents is 1. The summed E-state index contributed by atoms with van der Waals surface area (Å²) in [5.41, 5.74) is 2.80. The van der Waals surface area contributed by atoms with Gasteiger partial charge in [-0.2, -0.15) is 0 Å². The lowest BCUT2D eigenvalue weighted by atomic mass is 10.0. The van der Waals surface area contributed by atoms with Crippen molar-refractivity contribution in [2.45, 2.75) is 63.1 Å². The monoisotopic (exact) mass is 618 g/mol. The second-order valence-electron chi connectivity index (χ2n) is 12.7. The SMILES string of the molecule is O=C(O[C@H](Cc1ccc(O)cc1)C(=O)N1CCC(N2CCCNCC2)CC1)N1CCC(N2CCc3ccccc3NC2=O)CC1. The molecule has 0 saturated carbocycles. The van der Waals surface area contributed by atoms with Gasteiger partial charge in [-0.25, -0.2) is 9.59 Å². The molecular formula is C34H46N6O5. The highest BCUT2D eigenvalue weighted by molar-refractivity contribution is 5.91. The van der Waals surface area contributed by atoms with E-state index in [4.69, 9.17) is 4.74 Å². The van der Waals surface area contributed by atoms with Crippen LogP contribution in [0.1, 0.15) is 43.2 Å². The molecule has 3 fully saturated rings. The van der Waals surface area contributed by atoms with Gasteiger partial charge in [-0.05, 0) is 80.9 Å². The minimum Gasteiger partial charge on any atom is -0.508 e. The number of rotatable bonds is 6. The Morgan fingerprint density at radius 1 is 0.844 bits per heavy atom. The van der Waals surface area contributed by atoms with Crippen molar-refractivity contribution in [3.05, 3.63) is 59.7 Å². The average molecular weight is 619 g/mol. The smallest absolute Gasteiger partial charge is 0.410 e. The Labute approximate surface area is 265 Å². The van der Waals surface area contributed by atoms with Crippen molar-refractivity contribution >= 4 is 23.7 Å². The van der Waals surface area contributed by atoms with E-state index < -0.39 is 12.2 Å². The first-order valence-electron chi connectivity index (χ1n) is 16.6. The van der Waals surface area contributed by atoms with Crippen molar-refractivity contribution in [2.24, 2.45) is 0 Å². The number of likely N-dealkylation sites (tertiary alicyclic amines) is 2. The van der Waals surface area contributed by atoms with Gasteiger partial charge in [0.05, 0.1) is 0 Å². The number of aromatic hydroxyl groups is 1. The molecule has 4 aliphatic rings. The predicted octanol–water partition coefficient (Wildman–Crippen LogP) is 3.28. The lowest BCUT2D eigenvalue weighted by Crippen LogP contribution is -2.52. The van der Waals surface area contributed by atoms with E-state index in [0.29, 0.717) is 51.6 Å². The van der Waals surface area contributed by atoms with Crippen molar-refractivity contribution in [2.75, 3.05) is 64.2 Å². The summed E-state index contributed by atoms with van der Waals surface area (Å²) in [7, 11) is 0. The van der Waals surface area contributed by atoms with E-state index in [9.17, 15) is 19.5 Å². The molecular weight excluding hydrogens is 572 g/mol. The van der Waals surface area contributed by atoms with E-state index in [0.717, 1.165) is 68.7 Å². The topological polar surface area (TPSA) is 118 Å². The fourth-order valence-corrected chi connectivity index (χ4v) is 7.21. The van der Waals surface area contributed by atoms with Crippen molar-refractivity contribution in [1.29, 1.82) is 0 Å². The standard InChI is InChI=1S/C34H46N6O5/c41-29-8-6-25(7-9-29)24-31(32(42)38-18-11-27(12-19-38)37-17-3-15-35-16-23-37)45-34(44)39-20-13-28(14-21-39)40-22-10-26-4-1-2-5-30(26)36-33(40)43/h1-2,4-9,27-28,31,35,41H,3,10-24H2,(H,36,43)/t31-/m1/s1. The van der Waals surface area contributed by atoms with Gasteiger partial charge in [-0.1, -0.05) is 30.3 Å². The molecule has 0 unspecified atom stereocenters. The van der Waals surface area contributed by atoms with Crippen LogP contribution in [0.2, 0.25) is 0 Å². The molecule has 11 heteroatoms. The highest BCUT2D eigenvalue weighted by atomic mass is 16.6. The minimum absolute atomic E-state index is 0.0269. The Kier molecular flexibility index (Phi) is 10.0. The normalized spacial score (nSPS) is 21.3. The summed E-state index contributed by atoms with van der Waals surface area (Å²) >= 11 is 0. The van der Waals surface area contributed by atoms with Crippen LogP contribution in [-0.4, -0.2) is 120 Å². The first-order chi connectivity index (χ1) is 21.9. The summed E-state index contributed by atoms with van der Waals surface area (Å²) in [5, 5.41) is 16.3. The molecule has 0 aliphatic carbocycles. The van der Waals surface area contributed by atoms with Crippen LogP contribution in [0.15, 0.2) is 48.5 Å². The minimum atomic E-state index is -0.950. The van der Waals surface area contributed by atoms with Crippen molar-refractivity contribution in [1.82, 2.24) is 24.9 Å².